The number of carbonyl (C=O) groups is 1. The van der Waals surface area contributed by atoms with Gasteiger partial charge in [-0.3, -0.25) is 4.79 Å². The van der Waals surface area contributed by atoms with Crippen molar-refractivity contribution in [2.75, 3.05) is 0 Å². The molecule has 1 aliphatic rings. The lowest BCUT2D eigenvalue weighted by atomic mass is 10.1. The van der Waals surface area contributed by atoms with Gasteiger partial charge in [-0.2, -0.15) is 0 Å². The number of ether oxygens (including phenoxy) is 1. The van der Waals surface area contributed by atoms with E-state index < -0.39 is 0 Å². The zero-order valence-electron chi connectivity index (χ0n) is 8.99. The van der Waals surface area contributed by atoms with Gasteiger partial charge in [0, 0.05) is 6.42 Å². The van der Waals surface area contributed by atoms with Gasteiger partial charge in [0.25, 0.3) is 0 Å². The van der Waals surface area contributed by atoms with Crippen LogP contribution < -0.4 is 4.74 Å². The van der Waals surface area contributed by atoms with Crippen molar-refractivity contribution in [3.63, 3.8) is 0 Å². The minimum absolute atomic E-state index is 0.0696. The molecule has 1 aliphatic heterocycles. The second-order valence-electron chi connectivity index (χ2n) is 3.94. The fraction of sp³-hybridized carbons (Fsp3) is 0.308. The molecule has 78 valence electrons. The minimum Gasteiger partial charge on any atom is -0.490 e. The zero-order chi connectivity index (χ0) is 10.8. The summed E-state index contributed by atoms with van der Waals surface area (Å²) in [4.78, 5) is 10.8. The van der Waals surface area contributed by atoms with Gasteiger partial charge in [0.1, 0.15) is 11.9 Å². The van der Waals surface area contributed by atoms with Gasteiger partial charge < -0.3 is 4.74 Å². The second kappa shape index (κ2) is 3.89. The Bertz CT molecular complexity index is 419. The van der Waals surface area contributed by atoms with E-state index in [1.165, 1.54) is 5.56 Å². The van der Waals surface area contributed by atoms with Gasteiger partial charge in [0.2, 0.25) is 0 Å². The number of fused-ring (bicyclic) bond motifs is 1. The molecule has 0 fully saturated rings. The topological polar surface area (TPSA) is 26.3 Å². The van der Waals surface area contributed by atoms with E-state index in [0.717, 1.165) is 17.7 Å². The molecule has 2 heteroatoms. The Morgan fingerprint density at radius 1 is 1.53 bits per heavy atom. The predicted octanol–water partition coefficient (Wildman–Crippen LogP) is 2.61. The largest absolute Gasteiger partial charge is 0.490 e. The molecule has 0 aromatic heterocycles. The molecular weight excluding hydrogens is 188 g/mol. The second-order valence-corrected chi connectivity index (χ2v) is 3.94. The third-order valence-corrected chi connectivity index (χ3v) is 2.43. The molecule has 15 heavy (non-hydrogen) atoms. The van der Waals surface area contributed by atoms with Gasteiger partial charge in [0.05, 0.1) is 0 Å². The van der Waals surface area contributed by atoms with Crippen LogP contribution in [-0.2, 0) is 11.2 Å². The number of ketones is 1. The molecule has 0 N–H and O–H groups in total. The summed E-state index contributed by atoms with van der Waals surface area (Å²) in [5.41, 5.74) is 2.29. The molecule has 0 saturated heterocycles. The van der Waals surface area contributed by atoms with Crippen molar-refractivity contribution < 1.29 is 9.53 Å². The average Bonchev–Trinajstić information content (AvgIpc) is 2.53. The Hall–Kier alpha value is -1.57. The van der Waals surface area contributed by atoms with Crippen molar-refractivity contribution >= 4 is 11.9 Å². The van der Waals surface area contributed by atoms with Crippen molar-refractivity contribution in [2.24, 2.45) is 0 Å². The summed E-state index contributed by atoms with van der Waals surface area (Å²) < 4.78 is 5.60. The van der Waals surface area contributed by atoms with Crippen LogP contribution in [0.25, 0.3) is 6.08 Å². The fourth-order valence-electron chi connectivity index (χ4n) is 1.76. The van der Waals surface area contributed by atoms with Crippen LogP contribution in [0.2, 0.25) is 0 Å². The summed E-state index contributed by atoms with van der Waals surface area (Å²) in [6, 6.07) is 6.02. The van der Waals surface area contributed by atoms with E-state index in [9.17, 15) is 4.79 Å². The van der Waals surface area contributed by atoms with Crippen LogP contribution in [0, 0.1) is 0 Å². The number of rotatable bonds is 2. The third kappa shape index (κ3) is 2.27. The fourth-order valence-corrected chi connectivity index (χ4v) is 1.76. The third-order valence-electron chi connectivity index (χ3n) is 2.43. The molecule has 1 heterocycles. The Labute approximate surface area is 89.6 Å². The monoisotopic (exact) mass is 202 g/mol. The van der Waals surface area contributed by atoms with E-state index in [0.29, 0.717) is 0 Å². The molecule has 1 aromatic rings. The lowest BCUT2D eigenvalue weighted by Crippen LogP contribution is -2.05. The van der Waals surface area contributed by atoms with E-state index in [4.69, 9.17) is 4.74 Å². The first-order valence-corrected chi connectivity index (χ1v) is 5.13. The quantitative estimate of drug-likeness (QED) is 0.689. The first-order chi connectivity index (χ1) is 7.15. The molecule has 1 atom stereocenters. The molecule has 2 rings (SSSR count). The van der Waals surface area contributed by atoms with E-state index in [-0.39, 0.29) is 11.9 Å². The Balaban J connectivity index is 2.23. The smallest absolute Gasteiger partial charge is 0.152 e. The first kappa shape index (κ1) is 9.97. The Morgan fingerprint density at radius 3 is 3.07 bits per heavy atom. The van der Waals surface area contributed by atoms with Gasteiger partial charge in [-0.1, -0.05) is 12.1 Å². The van der Waals surface area contributed by atoms with Crippen LogP contribution in [0.15, 0.2) is 24.3 Å². The van der Waals surface area contributed by atoms with E-state index in [1.807, 2.05) is 18.2 Å². The summed E-state index contributed by atoms with van der Waals surface area (Å²) in [5, 5.41) is 0. The molecule has 1 aromatic carbocycles. The number of carbonyl (C=O) groups excluding carboxylic acids is 1. The summed E-state index contributed by atoms with van der Waals surface area (Å²) in [6.07, 6.45) is 4.65. The van der Waals surface area contributed by atoms with Crippen molar-refractivity contribution in [3.05, 3.63) is 35.4 Å². The highest BCUT2D eigenvalue weighted by atomic mass is 16.5. The number of benzene rings is 1. The zero-order valence-corrected chi connectivity index (χ0v) is 8.99. The highest BCUT2D eigenvalue weighted by molar-refractivity contribution is 5.91. The number of hydrogen-bond donors (Lipinski definition) is 0. The summed E-state index contributed by atoms with van der Waals surface area (Å²) in [5.74, 6) is 1.04. The molecule has 0 saturated carbocycles. The molecule has 0 radical (unpaired) electrons. The van der Waals surface area contributed by atoms with E-state index in [2.05, 4.69) is 13.0 Å². The normalized spacial score (nSPS) is 18.9. The maximum atomic E-state index is 10.8. The van der Waals surface area contributed by atoms with Gasteiger partial charge in [-0.05, 0) is 43.2 Å². The molecular formula is C13H14O2. The van der Waals surface area contributed by atoms with Crippen molar-refractivity contribution in [1.82, 2.24) is 0 Å². The molecule has 0 aliphatic carbocycles. The molecule has 0 bridgehead atoms. The van der Waals surface area contributed by atoms with Gasteiger partial charge in [-0.15, -0.1) is 0 Å². The van der Waals surface area contributed by atoms with Crippen LogP contribution in [0.1, 0.15) is 25.0 Å². The maximum Gasteiger partial charge on any atom is 0.152 e. The van der Waals surface area contributed by atoms with Crippen LogP contribution in [-0.4, -0.2) is 11.9 Å². The van der Waals surface area contributed by atoms with E-state index in [1.54, 1.807) is 13.0 Å². The summed E-state index contributed by atoms with van der Waals surface area (Å²) in [6.45, 7) is 3.61. The number of hydrogen-bond acceptors (Lipinski definition) is 2. The SMILES string of the molecule is CC(=O)/C=C/c1ccc2c(c1)CC(C)O2. The molecule has 1 unspecified atom stereocenters. The van der Waals surface area contributed by atoms with Crippen LogP contribution >= 0.6 is 0 Å². The maximum absolute atomic E-state index is 10.8. The number of allylic oxidation sites excluding steroid dienone is 1. The lowest BCUT2D eigenvalue weighted by molar-refractivity contribution is -0.112. The van der Waals surface area contributed by atoms with Gasteiger partial charge >= 0.3 is 0 Å². The highest BCUT2D eigenvalue weighted by Crippen LogP contribution is 2.29. The predicted molar refractivity (Wildman–Crippen MR) is 60.0 cm³/mol. The summed E-state index contributed by atoms with van der Waals surface area (Å²) in [7, 11) is 0. The lowest BCUT2D eigenvalue weighted by Gasteiger charge is -2.01. The molecule has 0 amide bonds. The Kier molecular flexibility index (Phi) is 2.58. The van der Waals surface area contributed by atoms with Crippen molar-refractivity contribution in [1.29, 1.82) is 0 Å². The summed E-state index contributed by atoms with van der Waals surface area (Å²) >= 11 is 0. The van der Waals surface area contributed by atoms with Crippen molar-refractivity contribution in [3.8, 4) is 5.75 Å². The standard InChI is InChI=1S/C13H14O2/c1-9(14)3-4-11-5-6-13-12(8-11)7-10(2)15-13/h3-6,8,10H,7H2,1-2H3/b4-3+. The van der Waals surface area contributed by atoms with Crippen LogP contribution in [0.5, 0.6) is 5.75 Å². The first-order valence-electron chi connectivity index (χ1n) is 5.13. The van der Waals surface area contributed by atoms with Crippen LogP contribution in [0.4, 0.5) is 0 Å². The Morgan fingerprint density at radius 2 is 2.33 bits per heavy atom. The van der Waals surface area contributed by atoms with Gasteiger partial charge in [-0.25, -0.2) is 0 Å². The van der Waals surface area contributed by atoms with Gasteiger partial charge in [0.15, 0.2) is 5.78 Å². The minimum atomic E-state index is 0.0696. The highest BCUT2D eigenvalue weighted by Gasteiger charge is 2.18. The molecule has 0 spiro atoms. The average molecular weight is 202 g/mol. The molecule has 2 nitrogen and oxygen atoms in total. The van der Waals surface area contributed by atoms with Crippen molar-refractivity contribution in [2.45, 2.75) is 26.4 Å². The van der Waals surface area contributed by atoms with Crippen LogP contribution in [0.3, 0.4) is 0 Å². The van der Waals surface area contributed by atoms with E-state index >= 15 is 0 Å².